The van der Waals surface area contributed by atoms with Crippen molar-refractivity contribution in [2.75, 3.05) is 0 Å². The molecule has 0 saturated heterocycles. The highest BCUT2D eigenvalue weighted by molar-refractivity contribution is 5.59. The fourth-order valence-electron chi connectivity index (χ4n) is 2.81. The molecule has 2 aromatic carbocycles. The fourth-order valence-corrected chi connectivity index (χ4v) is 2.81. The molecular weight excluding hydrogens is 278 g/mol. The van der Waals surface area contributed by atoms with E-state index in [4.69, 9.17) is 0 Å². The molecule has 1 heterocycles. The number of aromatic nitrogens is 1. The van der Waals surface area contributed by atoms with Gasteiger partial charge in [-0.2, -0.15) is 0 Å². The van der Waals surface area contributed by atoms with Crippen molar-refractivity contribution in [3.8, 4) is 11.3 Å². The molecule has 116 valence electrons. The average molecular weight is 301 g/mol. The summed E-state index contributed by atoms with van der Waals surface area (Å²) in [5, 5.41) is 0. The van der Waals surface area contributed by atoms with Crippen molar-refractivity contribution in [2.45, 2.75) is 32.6 Å². The number of hydrogen-bond acceptors (Lipinski definition) is 1. The monoisotopic (exact) mass is 301 g/mol. The average Bonchev–Trinajstić information content (AvgIpc) is 2.62. The molecule has 3 aromatic rings. The van der Waals surface area contributed by atoms with Crippen LogP contribution in [-0.4, -0.2) is 4.98 Å². The molecule has 0 radical (unpaired) electrons. The third kappa shape index (κ3) is 3.50. The molecule has 0 aliphatic rings. The van der Waals surface area contributed by atoms with E-state index < -0.39 is 0 Å². The number of nitrogens with zero attached hydrogens (tertiary/aromatic N) is 1. The van der Waals surface area contributed by atoms with Gasteiger partial charge in [-0.3, -0.25) is 4.98 Å². The zero-order valence-electron chi connectivity index (χ0n) is 14.0. The number of benzene rings is 2. The molecule has 1 aromatic heterocycles. The van der Waals surface area contributed by atoms with Crippen LogP contribution in [0.1, 0.15) is 49.3 Å². The molecule has 1 unspecified atom stereocenters. The summed E-state index contributed by atoms with van der Waals surface area (Å²) in [5.41, 5.74) is 6.14. The number of hydrogen-bond donors (Lipinski definition) is 0. The quantitative estimate of drug-likeness (QED) is 0.574. The lowest BCUT2D eigenvalue weighted by Crippen LogP contribution is -1.97. The van der Waals surface area contributed by atoms with E-state index in [2.05, 4.69) is 92.5 Å². The second kappa shape index (κ2) is 6.78. The summed E-state index contributed by atoms with van der Waals surface area (Å²) < 4.78 is 0. The van der Waals surface area contributed by atoms with E-state index in [1.165, 1.54) is 22.3 Å². The van der Waals surface area contributed by atoms with Gasteiger partial charge in [-0.15, -0.1) is 0 Å². The molecule has 0 saturated carbocycles. The molecule has 1 heteroatoms. The van der Waals surface area contributed by atoms with Gasteiger partial charge in [-0.05, 0) is 28.7 Å². The zero-order chi connectivity index (χ0) is 16.2. The minimum Gasteiger partial charge on any atom is -0.256 e. The van der Waals surface area contributed by atoms with Crippen LogP contribution in [0, 0.1) is 0 Å². The Morgan fingerprint density at radius 3 is 1.87 bits per heavy atom. The molecule has 0 N–H and O–H groups in total. The zero-order valence-corrected chi connectivity index (χ0v) is 14.0. The predicted octanol–water partition coefficient (Wildman–Crippen LogP) is 6.02. The van der Waals surface area contributed by atoms with Crippen molar-refractivity contribution in [3.63, 3.8) is 0 Å². The number of pyridine rings is 1. The van der Waals surface area contributed by atoms with E-state index in [1.54, 1.807) is 0 Å². The normalized spacial score (nSPS) is 12.3. The van der Waals surface area contributed by atoms with E-state index in [1.807, 2.05) is 6.20 Å². The van der Waals surface area contributed by atoms with Crippen molar-refractivity contribution < 1.29 is 0 Å². The van der Waals surface area contributed by atoms with E-state index in [-0.39, 0.29) is 0 Å². The maximum atomic E-state index is 4.67. The second-order valence-corrected chi connectivity index (χ2v) is 6.39. The van der Waals surface area contributed by atoms with Crippen LogP contribution in [0.15, 0.2) is 72.9 Å². The Morgan fingerprint density at radius 1 is 0.652 bits per heavy atom. The van der Waals surface area contributed by atoms with E-state index in [0.29, 0.717) is 11.8 Å². The summed E-state index contributed by atoms with van der Waals surface area (Å²) in [4.78, 5) is 4.67. The SMILES string of the molecule is CC(C)c1ccc(-c2ccc(C(C)c3ccccc3)cn2)cc1. The largest absolute Gasteiger partial charge is 0.256 e. The third-order valence-electron chi connectivity index (χ3n) is 4.46. The molecular formula is C22H23N. The minimum atomic E-state index is 0.362. The summed E-state index contributed by atoms with van der Waals surface area (Å²) in [7, 11) is 0. The summed E-state index contributed by atoms with van der Waals surface area (Å²) in [6, 6.07) is 23.6. The van der Waals surface area contributed by atoms with Crippen LogP contribution in [-0.2, 0) is 0 Å². The van der Waals surface area contributed by atoms with Gasteiger partial charge < -0.3 is 0 Å². The molecule has 0 aliphatic carbocycles. The van der Waals surface area contributed by atoms with Gasteiger partial charge in [-0.1, -0.05) is 81.4 Å². The summed E-state index contributed by atoms with van der Waals surface area (Å²) in [6.45, 7) is 6.66. The highest BCUT2D eigenvalue weighted by atomic mass is 14.7. The summed E-state index contributed by atoms with van der Waals surface area (Å²) in [5.74, 6) is 0.923. The standard InChI is InChI=1S/C22H23N/c1-16(2)18-9-11-20(12-10-18)22-14-13-21(15-23-22)17(3)19-7-5-4-6-8-19/h4-17H,1-3H3. The van der Waals surface area contributed by atoms with Gasteiger partial charge >= 0.3 is 0 Å². The number of rotatable bonds is 4. The first-order valence-corrected chi connectivity index (χ1v) is 8.26. The van der Waals surface area contributed by atoms with Gasteiger partial charge in [0.25, 0.3) is 0 Å². The van der Waals surface area contributed by atoms with Crippen molar-refractivity contribution >= 4 is 0 Å². The van der Waals surface area contributed by atoms with Gasteiger partial charge in [0.15, 0.2) is 0 Å². The van der Waals surface area contributed by atoms with Crippen LogP contribution in [0.25, 0.3) is 11.3 Å². The van der Waals surface area contributed by atoms with Gasteiger partial charge in [0, 0.05) is 17.7 Å². The highest BCUT2D eigenvalue weighted by Gasteiger charge is 2.09. The van der Waals surface area contributed by atoms with E-state index in [9.17, 15) is 0 Å². The van der Waals surface area contributed by atoms with Crippen molar-refractivity contribution in [2.24, 2.45) is 0 Å². The highest BCUT2D eigenvalue weighted by Crippen LogP contribution is 2.26. The first-order valence-electron chi connectivity index (χ1n) is 8.26. The van der Waals surface area contributed by atoms with Crippen molar-refractivity contribution in [1.82, 2.24) is 4.98 Å². The van der Waals surface area contributed by atoms with Gasteiger partial charge in [0.05, 0.1) is 5.69 Å². The van der Waals surface area contributed by atoms with Crippen LogP contribution in [0.5, 0.6) is 0 Å². The Bertz CT molecular complexity index is 740. The van der Waals surface area contributed by atoms with Crippen LogP contribution in [0.3, 0.4) is 0 Å². The Balaban J connectivity index is 1.82. The predicted molar refractivity (Wildman–Crippen MR) is 97.7 cm³/mol. The molecule has 0 spiro atoms. The minimum absolute atomic E-state index is 0.362. The topological polar surface area (TPSA) is 12.9 Å². The first-order chi connectivity index (χ1) is 11.1. The van der Waals surface area contributed by atoms with Crippen LogP contribution in [0.4, 0.5) is 0 Å². The smallest absolute Gasteiger partial charge is 0.0702 e. The Hall–Kier alpha value is -2.41. The third-order valence-corrected chi connectivity index (χ3v) is 4.46. The summed E-state index contributed by atoms with van der Waals surface area (Å²) in [6.07, 6.45) is 2.00. The fraction of sp³-hybridized carbons (Fsp3) is 0.227. The van der Waals surface area contributed by atoms with Crippen LogP contribution < -0.4 is 0 Å². The first kappa shape index (κ1) is 15.5. The van der Waals surface area contributed by atoms with Gasteiger partial charge in [-0.25, -0.2) is 0 Å². The molecule has 1 nitrogen and oxygen atoms in total. The lowest BCUT2D eigenvalue weighted by Gasteiger charge is -2.13. The lowest BCUT2D eigenvalue weighted by molar-refractivity contribution is 0.867. The second-order valence-electron chi connectivity index (χ2n) is 6.39. The molecule has 0 bridgehead atoms. The van der Waals surface area contributed by atoms with E-state index in [0.717, 1.165) is 5.69 Å². The van der Waals surface area contributed by atoms with Crippen LogP contribution in [0.2, 0.25) is 0 Å². The molecule has 23 heavy (non-hydrogen) atoms. The molecule has 1 atom stereocenters. The Labute approximate surface area is 139 Å². The molecule has 0 amide bonds. The van der Waals surface area contributed by atoms with Crippen LogP contribution >= 0.6 is 0 Å². The Morgan fingerprint density at radius 2 is 1.30 bits per heavy atom. The van der Waals surface area contributed by atoms with Gasteiger partial charge in [0.2, 0.25) is 0 Å². The molecule has 0 aliphatic heterocycles. The van der Waals surface area contributed by atoms with E-state index >= 15 is 0 Å². The molecule has 3 rings (SSSR count). The maximum Gasteiger partial charge on any atom is 0.0702 e. The van der Waals surface area contributed by atoms with Crippen molar-refractivity contribution in [1.29, 1.82) is 0 Å². The lowest BCUT2D eigenvalue weighted by atomic mass is 9.94. The van der Waals surface area contributed by atoms with Crippen molar-refractivity contribution in [3.05, 3.63) is 89.6 Å². The summed E-state index contributed by atoms with van der Waals surface area (Å²) >= 11 is 0. The maximum absolute atomic E-state index is 4.67. The molecule has 0 fully saturated rings. The van der Waals surface area contributed by atoms with Gasteiger partial charge in [0.1, 0.15) is 0 Å². The Kier molecular flexibility index (Phi) is 4.57.